The van der Waals surface area contributed by atoms with Crippen molar-refractivity contribution in [3.63, 3.8) is 0 Å². The Bertz CT molecular complexity index is 843. The summed E-state index contributed by atoms with van der Waals surface area (Å²) in [5, 5.41) is 10.9. The highest BCUT2D eigenvalue weighted by Crippen LogP contribution is 2.43. The van der Waals surface area contributed by atoms with Crippen LogP contribution in [0.1, 0.15) is 32.3 Å². The van der Waals surface area contributed by atoms with E-state index in [1.54, 1.807) is 0 Å². The second-order valence-corrected chi connectivity index (χ2v) is 8.93. The van der Waals surface area contributed by atoms with Gasteiger partial charge in [0.05, 0.1) is 4.92 Å². The fraction of sp³-hybridized carbons (Fsp3) is 0.533. The number of aliphatic imine (C=N–C) groups is 1. The highest BCUT2D eigenvalue weighted by atomic mass is 32.2. The molecule has 1 aliphatic heterocycles. The van der Waals surface area contributed by atoms with E-state index in [4.69, 9.17) is 5.73 Å². The average molecular weight is 375 g/mol. The van der Waals surface area contributed by atoms with Gasteiger partial charge in [-0.05, 0) is 25.8 Å². The molecule has 0 radical (unpaired) electrons. The molecular formula is C15H19F2N3O4S. The Balaban J connectivity index is 2.64. The van der Waals surface area contributed by atoms with E-state index >= 15 is 0 Å². The topological polar surface area (TPSA) is 116 Å². The van der Waals surface area contributed by atoms with Crippen molar-refractivity contribution in [1.82, 2.24) is 0 Å². The number of alkyl halides is 1. The summed E-state index contributed by atoms with van der Waals surface area (Å²) in [5.74, 6) is -1.35. The molecule has 0 saturated heterocycles. The number of nitro benzene ring substituents is 1. The highest BCUT2D eigenvalue weighted by molar-refractivity contribution is 7.93. The Morgan fingerprint density at radius 2 is 2.04 bits per heavy atom. The Hall–Kier alpha value is -2.10. The van der Waals surface area contributed by atoms with Crippen molar-refractivity contribution in [3.8, 4) is 0 Å². The van der Waals surface area contributed by atoms with Gasteiger partial charge in [0.25, 0.3) is 5.69 Å². The van der Waals surface area contributed by atoms with Crippen molar-refractivity contribution < 1.29 is 22.1 Å². The number of halogens is 2. The fourth-order valence-corrected chi connectivity index (χ4v) is 4.37. The number of nitro groups is 1. The summed E-state index contributed by atoms with van der Waals surface area (Å²) < 4.78 is 51.3. The Kier molecular flexibility index (Phi) is 4.86. The molecule has 7 nitrogen and oxygen atoms in total. The number of non-ortho nitro benzene ring substituents is 1. The number of rotatable bonds is 5. The van der Waals surface area contributed by atoms with E-state index < -0.39 is 43.2 Å². The SMILES string of the molecule is CCS(=O)(=O)[C@]1(C)CC[C@@](CF)(c2cc([N+](=O)[O-])ccc2F)N=C1N. The lowest BCUT2D eigenvalue weighted by Gasteiger charge is -2.40. The minimum atomic E-state index is -3.62. The molecule has 1 aromatic carbocycles. The molecule has 0 aliphatic carbocycles. The van der Waals surface area contributed by atoms with E-state index in [0.717, 1.165) is 18.2 Å². The van der Waals surface area contributed by atoms with Gasteiger partial charge >= 0.3 is 0 Å². The lowest BCUT2D eigenvalue weighted by Crippen LogP contribution is -2.54. The zero-order chi connectivity index (χ0) is 19.0. The van der Waals surface area contributed by atoms with Crippen LogP contribution in [0.2, 0.25) is 0 Å². The minimum absolute atomic E-state index is 0.0649. The average Bonchev–Trinajstić information content (AvgIpc) is 2.57. The summed E-state index contributed by atoms with van der Waals surface area (Å²) in [5.41, 5.74) is 3.37. The minimum Gasteiger partial charge on any atom is -0.386 e. The lowest BCUT2D eigenvalue weighted by atomic mass is 9.81. The van der Waals surface area contributed by atoms with Crippen LogP contribution in [0.4, 0.5) is 14.5 Å². The van der Waals surface area contributed by atoms with Crippen LogP contribution in [0.5, 0.6) is 0 Å². The van der Waals surface area contributed by atoms with Crippen LogP contribution in [0.15, 0.2) is 23.2 Å². The molecule has 0 unspecified atom stereocenters. The van der Waals surface area contributed by atoms with Crippen LogP contribution in [0.3, 0.4) is 0 Å². The molecule has 25 heavy (non-hydrogen) atoms. The van der Waals surface area contributed by atoms with Crippen LogP contribution in [-0.2, 0) is 15.4 Å². The van der Waals surface area contributed by atoms with E-state index in [1.165, 1.54) is 13.8 Å². The Morgan fingerprint density at radius 3 is 2.52 bits per heavy atom. The molecular weight excluding hydrogens is 356 g/mol. The van der Waals surface area contributed by atoms with Gasteiger partial charge in [-0.15, -0.1) is 0 Å². The van der Waals surface area contributed by atoms with Crippen LogP contribution in [0, 0.1) is 15.9 Å². The van der Waals surface area contributed by atoms with Crippen molar-refractivity contribution in [2.45, 2.75) is 37.0 Å². The van der Waals surface area contributed by atoms with Crippen molar-refractivity contribution in [2.24, 2.45) is 10.7 Å². The van der Waals surface area contributed by atoms with Gasteiger partial charge in [-0.1, -0.05) is 6.92 Å². The third-order valence-electron chi connectivity index (χ3n) is 4.84. The molecule has 1 heterocycles. The van der Waals surface area contributed by atoms with E-state index in [1.807, 2.05) is 0 Å². The zero-order valence-electron chi connectivity index (χ0n) is 13.8. The molecule has 2 N–H and O–H groups in total. The third-order valence-corrected chi connectivity index (χ3v) is 7.39. The maximum absolute atomic E-state index is 14.3. The van der Waals surface area contributed by atoms with Crippen molar-refractivity contribution >= 4 is 21.4 Å². The van der Waals surface area contributed by atoms with Gasteiger partial charge in [-0.25, -0.2) is 17.2 Å². The van der Waals surface area contributed by atoms with E-state index in [0.29, 0.717) is 0 Å². The molecule has 2 rings (SSSR count). The zero-order valence-corrected chi connectivity index (χ0v) is 14.6. The summed E-state index contributed by atoms with van der Waals surface area (Å²) in [6, 6.07) is 2.75. The first-order valence-electron chi connectivity index (χ1n) is 7.61. The third kappa shape index (κ3) is 2.99. The Morgan fingerprint density at radius 1 is 1.40 bits per heavy atom. The molecule has 10 heteroatoms. The van der Waals surface area contributed by atoms with Crippen LogP contribution in [-0.4, -0.2) is 36.4 Å². The van der Waals surface area contributed by atoms with Gasteiger partial charge in [0.1, 0.15) is 28.6 Å². The second kappa shape index (κ2) is 6.32. The largest absolute Gasteiger partial charge is 0.386 e. The molecule has 1 aliphatic rings. The molecule has 0 bridgehead atoms. The van der Waals surface area contributed by atoms with Crippen molar-refractivity contribution in [2.75, 3.05) is 12.4 Å². The number of nitrogens with two attached hydrogens (primary N) is 1. The number of hydrogen-bond acceptors (Lipinski definition) is 6. The fourth-order valence-electron chi connectivity index (χ4n) is 2.96. The predicted molar refractivity (Wildman–Crippen MR) is 89.4 cm³/mol. The maximum atomic E-state index is 14.3. The standard InChI is InChI=1S/C15H19F2N3O4S/c1-3-25(23,24)14(2)6-7-15(9-16,19-13(14)18)11-8-10(20(21)22)4-5-12(11)17/h4-5,8H,3,6-7,9H2,1-2H3,(H2,18,19)/t14-,15-/m1/s1. The molecule has 2 atom stereocenters. The second-order valence-electron chi connectivity index (χ2n) is 6.22. The van der Waals surface area contributed by atoms with Gasteiger partial charge in [0.2, 0.25) is 0 Å². The summed E-state index contributed by atoms with van der Waals surface area (Å²) in [4.78, 5) is 14.2. The number of benzene rings is 1. The first-order valence-corrected chi connectivity index (χ1v) is 9.27. The van der Waals surface area contributed by atoms with Gasteiger partial charge in [0, 0.05) is 23.4 Å². The summed E-state index contributed by atoms with van der Waals surface area (Å²) in [7, 11) is -3.62. The normalized spacial score (nSPS) is 27.0. The van der Waals surface area contributed by atoms with Crippen molar-refractivity contribution in [1.29, 1.82) is 0 Å². The monoisotopic (exact) mass is 375 g/mol. The van der Waals surface area contributed by atoms with Gasteiger partial charge in [-0.2, -0.15) is 0 Å². The molecule has 0 spiro atoms. The van der Waals surface area contributed by atoms with Crippen molar-refractivity contribution in [3.05, 3.63) is 39.7 Å². The van der Waals surface area contributed by atoms with E-state index in [9.17, 15) is 27.3 Å². The smallest absolute Gasteiger partial charge is 0.270 e. The number of amidine groups is 1. The first-order chi connectivity index (χ1) is 11.5. The predicted octanol–water partition coefficient (Wildman–Crippen LogP) is 2.24. The molecule has 0 fully saturated rings. The summed E-state index contributed by atoms with van der Waals surface area (Å²) in [6.07, 6.45) is -0.206. The van der Waals surface area contributed by atoms with Crippen LogP contribution < -0.4 is 5.73 Å². The molecule has 1 aromatic rings. The first kappa shape index (κ1) is 19.2. The van der Waals surface area contributed by atoms with Gasteiger partial charge in [-0.3, -0.25) is 15.1 Å². The molecule has 0 aromatic heterocycles. The summed E-state index contributed by atoms with van der Waals surface area (Å²) in [6.45, 7) is 1.70. The van der Waals surface area contributed by atoms with Crippen LogP contribution in [0.25, 0.3) is 0 Å². The number of sulfone groups is 1. The Labute approximate surface area is 144 Å². The van der Waals surface area contributed by atoms with E-state index in [-0.39, 0.29) is 30.0 Å². The molecule has 0 amide bonds. The van der Waals surface area contributed by atoms with Gasteiger partial charge in [0.15, 0.2) is 9.84 Å². The number of nitrogens with zero attached hydrogens (tertiary/aromatic N) is 2. The summed E-state index contributed by atoms with van der Waals surface area (Å²) >= 11 is 0. The van der Waals surface area contributed by atoms with Crippen LogP contribution >= 0.6 is 0 Å². The maximum Gasteiger partial charge on any atom is 0.270 e. The highest BCUT2D eigenvalue weighted by Gasteiger charge is 2.50. The van der Waals surface area contributed by atoms with E-state index in [2.05, 4.69) is 4.99 Å². The molecule has 0 saturated carbocycles. The quantitative estimate of drug-likeness (QED) is 0.626. The number of hydrogen-bond donors (Lipinski definition) is 1. The lowest BCUT2D eigenvalue weighted by molar-refractivity contribution is -0.385. The van der Waals surface area contributed by atoms with Gasteiger partial charge < -0.3 is 5.73 Å². The molecule has 138 valence electrons.